The summed E-state index contributed by atoms with van der Waals surface area (Å²) in [5, 5.41) is 14.4. The van der Waals surface area contributed by atoms with Gasteiger partial charge in [-0.1, -0.05) is 6.07 Å². The number of benzene rings is 1. The first kappa shape index (κ1) is 20.8. The van der Waals surface area contributed by atoms with Gasteiger partial charge < -0.3 is 20.5 Å². The molecule has 1 atom stereocenters. The zero-order chi connectivity index (χ0) is 19.8. The Morgan fingerprint density at radius 3 is 2.63 bits per heavy atom. The van der Waals surface area contributed by atoms with Gasteiger partial charge >= 0.3 is 5.97 Å². The molecule has 1 aliphatic rings. The molecule has 27 heavy (non-hydrogen) atoms. The molecule has 1 heterocycles. The number of carbonyl (C=O) groups excluding carboxylic acids is 2. The Morgan fingerprint density at radius 1 is 1.37 bits per heavy atom. The van der Waals surface area contributed by atoms with Crippen LogP contribution in [0.2, 0.25) is 0 Å². The van der Waals surface area contributed by atoms with Gasteiger partial charge in [0, 0.05) is 19.2 Å². The van der Waals surface area contributed by atoms with Crippen LogP contribution < -0.4 is 10.6 Å². The number of likely N-dealkylation sites (N-methyl/N-ethyl adjacent to an activating group) is 1. The van der Waals surface area contributed by atoms with Crippen molar-refractivity contribution in [3.05, 3.63) is 29.6 Å². The van der Waals surface area contributed by atoms with E-state index in [0.29, 0.717) is 43.6 Å². The Balaban J connectivity index is 2.01. The highest BCUT2D eigenvalue weighted by Gasteiger charge is 2.24. The predicted octanol–water partition coefficient (Wildman–Crippen LogP) is 1.60. The summed E-state index contributed by atoms with van der Waals surface area (Å²) in [5.74, 6) is -1.40. The van der Waals surface area contributed by atoms with Crippen LogP contribution in [0.15, 0.2) is 18.2 Å². The lowest BCUT2D eigenvalue weighted by molar-refractivity contribution is -0.138. The van der Waals surface area contributed by atoms with Crippen molar-refractivity contribution < 1.29 is 23.9 Å². The summed E-state index contributed by atoms with van der Waals surface area (Å²) in [4.78, 5) is 35.1. The van der Waals surface area contributed by atoms with Crippen LogP contribution in [0.3, 0.4) is 0 Å². The molecule has 8 heteroatoms. The number of hydrogen-bond acceptors (Lipinski definition) is 5. The van der Waals surface area contributed by atoms with Crippen LogP contribution in [-0.4, -0.2) is 60.9 Å². The van der Waals surface area contributed by atoms with E-state index in [1.807, 2.05) is 4.90 Å². The van der Waals surface area contributed by atoms with Gasteiger partial charge in [-0.3, -0.25) is 14.5 Å². The first-order chi connectivity index (χ1) is 12.9. The number of halogens is 1. The van der Waals surface area contributed by atoms with Crippen molar-refractivity contribution in [2.45, 2.75) is 37.6 Å². The van der Waals surface area contributed by atoms with E-state index in [4.69, 9.17) is 5.11 Å². The summed E-state index contributed by atoms with van der Waals surface area (Å²) in [6, 6.07) is 4.22. The van der Waals surface area contributed by atoms with Crippen LogP contribution in [0.4, 0.5) is 10.1 Å². The Bertz CT molecular complexity index is 675. The van der Waals surface area contributed by atoms with Gasteiger partial charge in [0.15, 0.2) is 0 Å². The SMILES string of the molecule is CNC(=O)C(CCC=O)Nc1ccc(C2CCN(CC(=O)O)CC2)c(F)c1. The summed E-state index contributed by atoms with van der Waals surface area (Å²) < 4.78 is 14.6. The number of anilines is 1. The molecular formula is C19H26FN3O4. The quantitative estimate of drug-likeness (QED) is 0.564. The molecule has 1 aliphatic heterocycles. The second kappa shape index (κ2) is 10.0. The monoisotopic (exact) mass is 379 g/mol. The fourth-order valence-corrected chi connectivity index (χ4v) is 3.42. The topological polar surface area (TPSA) is 98.7 Å². The first-order valence-corrected chi connectivity index (χ1v) is 9.10. The number of carbonyl (C=O) groups is 3. The van der Waals surface area contributed by atoms with Gasteiger partial charge in [0.1, 0.15) is 18.1 Å². The first-order valence-electron chi connectivity index (χ1n) is 9.10. The zero-order valence-electron chi connectivity index (χ0n) is 15.4. The fraction of sp³-hybridized carbons (Fsp3) is 0.526. The maximum Gasteiger partial charge on any atom is 0.317 e. The minimum absolute atomic E-state index is 0.0136. The molecule has 0 aliphatic carbocycles. The van der Waals surface area contributed by atoms with Crippen molar-refractivity contribution in [2.24, 2.45) is 0 Å². The number of carboxylic acid groups (broad SMARTS) is 1. The average Bonchev–Trinajstić information content (AvgIpc) is 2.65. The second-order valence-corrected chi connectivity index (χ2v) is 6.74. The highest BCUT2D eigenvalue weighted by Crippen LogP contribution is 2.31. The Morgan fingerprint density at radius 2 is 2.07 bits per heavy atom. The van der Waals surface area contributed by atoms with Crippen LogP contribution in [0.5, 0.6) is 0 Å². The van der Waals surface area contributed by atoms with Gasteiger partial charge in [0.05, 0.1) is 6.54 Å². The maximum atomic E-state index is 14.6. The molecule has 1 aromatic rings. The van der Waals surface area contributed by atoms with E-state index in [1.54, 1.807) is 12.1 Å². The minimum atomic E-state index is -0.852. The third-order valence-corrected chi connectivity index (χ3v) is 4.86. The van der Waals surface area contributed by atoms with Crippen LogP contribution >= 0.6 is 0 Å². The number of carboxylic acids is 1. The number of hydrogen-bond donors (Lipinski definition) is 3. The number of amides is 1. The number of rotatable bonds is 9. The molecule has 1 aromatic carbocycles. The zero-order valence-corrected chi connectivity index (χ0v) is 15.4. The number of piperidine rings is 1. The second-order valence-electron chi connectivity index (χ2n) is 6.74. The van der Waals surface area contributed by atoms with Gasteiger partial charge in [-0.15, -0.1) is 0 Å². The standard InChI is InChI=1S/C19H26FN3O4/c1-21-19(27)17(3-2-10-24)22-14-4-5-15(16(20)11-14)13-6-8-23(9-7-13)12-18(25)26/h4-5,10-11,13,17,22H,2-3,6-9,12H2,1H3,(H,21,27)(H,25,26). The fourth-order valence-electron chi connectivity index (χ4n) is 3.42. The molecule has 3 N–H and O–H groups in total. The summed E-state index contributed by atoms with van der Waals surface area (Å²) in [6.07, 6.45) is 2.72. The lowest BCUT2D eigenvalue weighted by Crippen LogP contribution is -2.38. The number of nitrogens with zero attached hydrogens (tertiary/aromatic N) is 1. The van der Waals surface area contributed by atoms with Gasteiger partial charge in [0.25, 0.3) is 0 Å². The van der Waals surface area contributed by atoms with E-state index in [2.05, 4.69) is 10.6 Å². The highest BCUT2D eigenvalue weighted by atomic mass is 19.1. The van der Waals surface area contributed by atoms with Gasteiger partial charge in [-0.05, 0) is 56.0 Å². The summed E-state index contributed by atoms with van der Waals surface area (Å²) in [6.45, 7) is 1.27. The van der Waals surface area contributed by atoms with Gasteiger partial charge in [-0.2, -0.15) is 0 Å². The molecule has 0 saturated carbocycles. The lowest BCUT2D eigenvalue weighted by atomic mass is 9.89. The van der Waals surface area contributed by atoms with Gasteiger partial charge in [-0.25, -0.2) is 4.39 Å². The molecule has 7 nitrogen and oxygen atoms in total. The third-order valence-electron chi connectivity index (χ3n) is 4.86. The van der Waals surface area contributed by atoms with E-state index < -0.39 is 12.0 Å². The van der Waals surface area contributed by atoms with Crippen molar-refractivity contribution in [3.8, 4) is 0 Å². The van der Waals surface area contributed by atoms with E-state index >= 15 is 0 Å². The molecule has 1 amide bonds. The van der Waals surface area contributed by atoms with Crippen molar-refractivity contribution in [1.82, 2.24) is 10.2 Å². The molecule has 1 unspecified atom stereocenters. The van der Waals surface area contributed by atoms with E-state index in [0.717, 1.165) is 6.29 Å². The number of aliphatic carboxylic acids is 1. The van der Waals surface area contributed by atoms with E-state index in [-0.39, 0.29) is 30.6 Å². The molecule has 0 bridgehead atoms. The van der Waals surface area contributed by atoms with E-state index in [9.17, 15) is 18.8 Å². The molecule has 0 radical (unpaired) electrons. The Labute approximate surface area is 157 Å². The molecule has 2 rings (SSSR count). The highest BCUT2D eigenvalue weighted by molar-refractivity contribution is 5.84. The summed E-state index contributed by atoms with van der Waals surface area (Å²) in [7, 11) is 1.51. The third kappa shape index (κ3) is 6.02. The largest absolute Gasteiger partial charge is 0.480 e. The average molecular weight is 379 g/mol. The Kier molecular flexibility index (Phi) is 7.72. The smallest absolute Gasteiger partial charge is 0.317 e. The van der Waals surface area contributed by atoms with Crippen molar-refractivity contribution in [1.29, 1.82) is 0 Å². The van der Waals surface area contributed by atoms with Crippen LogP contribution in [0.25, 0.3) is 0 Å². The lowest BCUT2D eigenvalue weighted by Gasteiger charge is -2.31. The van der Waals surface area contributed by atoms with Crippen LogP contribution in [0, 0.1) is 5.82 Å². The van der Waals surface area contributed by atoms with Crippen molar-refractivity contribution in [3.63, 3.8) is 0 Å². The molecule has 1 saturated heterocycles. The molecule has 0 spiro atoms. The van der Waals surface area contributed by atoms with Crippen LogP contribution in [0.1, 0.15) is 37.2 Å². The summed E-state index contributed by atoms with van der Waals surface area (Å²) in [5.41, 5.74) is 1.10. The maximum absolute atomic E-state index is 14.6. The normalized spacial score (nSPS) is 16.5. The number of likely N-dealkylation sites (tertiary alicyclic amines) is 1. The van der Waals surface area contributed by atoms with Crippen LogP contribution in [-0.2, 0) is 14.4 Å². The molecule has 148 valence electrons. The van der Waals surface area contributed by atoms with Gasteiger partial charge in [0.2, 0.25) is 5.91 Å². The number of nitrogens with one attached hydrogen (secondary N) is 2. The van der Waals surface area contributed by atoms with Crippen molar-refractivity contribution in [2.75, 3.05) is 32.0 Å². The minimum Gasteiger partial charge on any atom is -0.480 e. The summed E-state index contributed by atoms with van der Waals surface area (Å²) >= 11 is 0. The van der Waals surface area contributed by atoms with E-state index in [1.165, 1.54) is 13.1 Å². The molecule has 1 fully saturated rings. The molecule has 0 aromatic heterocycles. The molecular weight excluding hydrogens is 353 g/mol. The predicted molar refractivity (Wildman–Crippen MR) is 99.2 cm³/mol. The Hall–Kier alpha value is -2.48. The van der Waals surface area contributed by atoms with Crippen molar-refractivity contribution >= 4 is 23.9 Å². The number of aldehydes is 1.